The molecule has 2 saturated heterocycles. The number of carbonyl (C=O) groups is 2. The van der Waals surface area contributed by atoms with Crippen LogP contribution in [0.15, 0.2) is 0 Å². The molecule has 0 aliphatic carbocycles. The van der Waals surface area contributed by atoms with Crippen molar-refractivity contribution in [2.75, 3.05) is 31.9 Å². The first kappa shape index (κ1) is 16.8. The molecule has 0 aromatic carbocycles. The predicted molar refractivity (Wildman–Crippen MR) is 87.3 cm³/mol. The van der Waals surface area contributed by atoms with E-state index in [1.54, 1.807) is 6.92 Å². The van der Waals surface area contributed by atoms with Crippen LogP contribution in [-0.4, -0.2) is 58.8 Å². The Hall–Kier alpha value is -0.550. The van der Waals surface area contributed by atoms with Gasteiger partial charge in [-0.3, -0.25) is 9.59 Å². The van der Waals surface area contributed by atoms with Crippen LogP contribution < -0.4 is 0 Å². The number of rotatable bonds is 6. The lowest BCUT2D eigenvalue weighted by atomic mass is 10.0. The molecule has 5 heteroatoms. The highest BCUT2D eigenvalue weighted by Crippen LogP contribution is 2.23. The zero-order valence-corrected chi connectivity index (χ0v) is 14.2. The molecule has 0 N–H and O–H groups in total. The van der Waals surface area contributed by atoms with Crippen molar-refractivity contribution in [2.24, 2.45) is 5.92 Å². The number of hydrogen-bond donors (Lipinski definition) is 0. The van der Waals surface area contributed by atoms with Crippen molar-refractivity contribution in [3.8, 4) is 0 Å². The van der Waals surface area contributed by atoms with Crippen LogP contribution in [-0.2, 0) is 9.59 Å². The summed E-state index contributed by atoms with van der Waals surface area (Å²) in [6, 6.07) is 0.702. The van der Waals surface area contributed by atoms with Gasteiger partial charge >= 0.3 is 0 Å². The van der Waals surface area contributed by atoms with E-state index in [-0.39, 0.29) is 11.0 Å². The molecule has 0 bridgehead atoms. The normalized spacial score (nSPS) is 27.3. The Morgan fingerprint density at radius 1 is 1.33 bits per heavy atom. The van der Waals surface area contributed by atoms with E-state index < -0.39 is 0 Å². The highest BCUT2D eigenvalue weighted by atomic mass is 32.2. The maximum absolute atomic E-state index is 12.0. The Balaban J connectivity index is 1.66. The summed E-state index contributed by atoms with van der Waals surface area (Å²) >= 11 is 1.35. The molecule has 0 saturated carbocycles. The quantitative estimate of drug-likeness (QED) is 0.755. The summed E-state index contributed by atoms with van der Waals surface area (Å²) in [7, 11) is 0. The second-order valence-corrected chi connectivity index (χ2v) is 7.64. The third-order valence-electron chi connectivity index (χ3n) is 4.63. The van der Waals surface area contributed by atoms with Crippen LogP contribution in [0.4, 0.5) is 0 Å². The van der Waals surface area contributed by atoms with Gasteiger partial charge in [0.15, 0.2) is 5.12 Å². The van der Waals surface area contributed by atoms with Crippen molar-refractivity contribution in [3.63, 3.8) is 0 Å². The SMILES string of the molecule is CC(=O)SCC1CC(=O)N(CCCN2CCCCC2C)C1. The number of piperidine rings is 1. The van der Waals surface area contributed by atoms with Gasteiger partial charge in [-0.1, -0.05) is 18.2 Å². The number of thioether (sulfide) groups is 1. The number of amides is 1. The zero-order chi connectivity index (χ0) is 15.2. The molecule has 2 fully saturated rings. The minimum atomic E-state index is 0.153. The fourth-order valence-electron chi connectivity index (χ4n) is 3.37. The molecule has 2 atom stereocenters. The summed E-state index contributed by atoms with van der Waals surface area (Å²) in [4.78, 5) is 27.6. The smallest absolute Gasteiger partial charge is 0.222 e. The third kappa shape index (κ3) is 5.29. The topological polar surface area (TPSA) is 40.6 Å². The van der Waals surface area contributed by atoms with Gasteiger partial charge < -0.3 is 9.80 Å². The highest BCUT2D eigenvalue weighted by molar-refractivity contribution is 8.13. The molecule has 0 radical (unpaired) electrons. The van der Waals surface area contributed by atoms with Gasteiger partial charge in [0.2, 0.25) is 5.91 Å². The van der Waals surface area contributed by atoms with E-state index in [1.165, 1.54) is 37.6 Å². The molecule has 120 valence electrons. The van der Waals surface area contributed by atoms with E-state index in [0.29, 0.717) is 18.4 Å². The van der Waals surface area contributed by atoms with Gasteiger partial charge in [-0.15, -0.1) is 0 Å². The minimum Gasteiger partial charge on any atom is -0.342 e. The van der Waals surface area contributed by atoms with E-state index in [0.717, 1.165) is 31.8 Å². The number of carbonyl (C=O) groups excluding carboxylic acids is 2. The first-order valence-corrected chi connectivity index (χ1v) is 9.20. The van der Waals surface area contributed by atoms with E-state index in [1.807, 2.05) is 4.90 Å². The largest absolute Gasteiger partial charge is 0.342 e. The molecule has 2 aliphatic rings. The molecule has 0 aromatic rings. The molecule has 2 rings (SSSR count). The summed E-state index contributed by atoms with van der Waals surface area (Å²) in [5.74, 6) is 1.43. The van der Waals surface area contributed by atoms with Gasteiger partial charge in [-0.25, -0.2) is 0 Å². The lowest BCUT2D eigenvalue weighted by Gasteiger charge is -2.33. The van der Waals surface area contributed by atoms with E-state index >= 15 is 0 Å². The Kier molecular flexibility index (Phi) is 6.55. The van der Waals surface area contributed by atoms with Crippen molar-refractivity contribution < 1.29 is 9.59 Å². The molecular weight excluding hydrogens is 284 g/mol. The van der Waals surface area contributed by atoms with E-state index in [4.69, 9.17) is 0 Å². The summed E-state index contributed by atoms with van der Waals surface area (Å²) in [6.45, 7) is 7.96. The third-order valence-corrected chi connectivity index (χ3v) is 5.68. The summed E-state index contributed by atoms with van der Waals surface area (Å²) in [5.41, 5.74) is 0. The number of hydrogen-bond acceptors (Lipinski definition) is 4. The lowest BCUT2D eigenvalue weighted by molar-refractivity contribution is -0.127. The first-order chi connectivity index (χ1) is 10.1. The second-order valence-electron chi connectivity index (χ2n) is 6.45. The number of nitrogens with zero attached hydrogens (tertiary/aromatic N) is 2. The molecule has 4 nitrogen and oxygen atoms in total. The zero-order valence-electron chi connectivity index (χ0n) is 13.3. The van der Waals surface area contributed by atoms with Crippen LogP contribution in [0.1, 0.15) is 46.0 Å². The van der Waals surface area contributed by atoms with Crippen molar-refractivity contribution in [2.45, 2.75) is 52.0 Å². The summed E-state index contributed by atoms with van der Waals surface area (Å²) in [5, 5.41) is 0.153. The molecule has 2 aliphatic heterocycles. The monoisotopic (exact) mass is 312 g/mol. The highest BCUT2D eigenvalue weighted by Gasteiger charge is 2.29. The van der Waals surface area contributed by atoms with Crippen molar-refractivity contribution in [3.05, 3.63) is 0 Å². The average molecular weight is 312 g/mol. The van der Waals surface area contributed by atoms with Gasteiger partial charge in [0, 0.05) is 44.8 Å². The fraction of sp³-hybridized carbons (Fsp3) is 0.875. The Bertz CT molecular complexity index is 375. The Morgan fingerprint density at radius 2 is 2.14 bits per heavy atom. The van der Waals surface area contributed by atoms with E-state index in [9.17, 15) is 9.59 Å². The predicted octanol–water partition coefficient (Wildman–Crippen LogP) is 2.38. The number of likely N-dealkylation sites (tertiary alicyclic amines) is 2. The summed E-state index contributed by atoms with van der Waals surface area (Å²) < 4.78 is 0. The molecule has 1 amide bonds. The Labute approximate surface area is 132 Å². The lowest BCUT2D eigenvalue weighted by Crippen LogP contribution is -2.39. The van der Waals surface area contributed by atoms with Crippen molar-refractivity contribution in [1.29, 1.82) is 0 Å². The van der Waals surface area contributed by atoms with Crippen LogP contribution in [0.5, 0.6) is 0 Å². The Morgan fingerprint density at radius 3 is 2.86 bits per heavy atom. The second kappa shape index (κ2) is 8.18. The molecular formula is C16H28N2O2S. The van der Waals surface area contributed by atoms with Crippen LogP contribution in [0, 0.1) is 5.92 Å². The van der Waals surface area contributed by atoms with Gasteiger partial charge in [-0.05, 0) is 38.6 Å². The maximum atomic E-state index is 12.0. The molecule has 2 unspecified atom stereocenters. The van der Waals surface area contributed by atoms with Gasteiger partial charge in [0.25, 0.3) is 0 Å². The van der Waals surface area contributed by atoms with Gasteiger partial charge in [-0.2, -0.15) is 0 Å². The molecule has 0 aromatic heterocycles. The van der Waals surface area contributed by atoms with Crippen LogP contribution in [0.25, 0.3) is 0 Å². The minimum absolute atomic E-state index is 0.153. The van der Waals surface area contributed by atoms with Gasteiger partial charge in [0.05, 0.1) is 0 Å². The molecule has 0 spiro atoms. The average Bonchev–Trinajstić information content (AvgIpc) is 2.79. The van der Waals surface area contributed by atoms with Gasteiger partial charge in [0.1, 0.15) is 0 Å². The van der Waals surface area contributed by atoms with Crippen LogP contribution in [0.3, 0.4) is 0 Å². The van der Waals surface area contributed by atoms with Crippen molar-refractivity contribution >= 4 is 22.8 Å². The molecule has 21 heavy (non-hydrogen) atoms. The first-order valence-electron chi connectivity index (χ1n) is 8.21. The van der Waals surface area contributed by atoms with Crippen LogP contribution >= 0.6 is 11.8 Å². The van der Waals surface area contributed by atoms with Crippen molar-refractivity contribution in [1.82, 2.24) is 9.80 Å². The maximum Gasteiger partial charge on any atom is 0.222 e. The standard InChI is InChI=1S/C16H28N2O2S/c1-13-6-3-4-7-17(13)8-5-9-18-11-15(10-16(18)20)12-21-14(2)19/h13,15H,3-12H2,1-2H3. The fourth-order valence-corrected chi connectivity index (χ4v) is 4.07. The molecule has 2 heterocycles. The summed E-state index contributed by atoms with van der Waals surface area (Å²) in [6.07, 6.45) is 5.69. The van der Waals surface area contributed by atoms with E-state index in [2.05, 4.69) is 11.8 Å². The van der Waals surface area contributed by atoms with Crippen LogP contribution in [0.2, 0.25) is 0 Å².